The molecule has 1 fully saturated rings. The highest BCUT2D eigenvalue weighted by molar-refractivity contribution is 6.38. The first kappa shape index (κ1) is 23.3. The van der Waals surface area contributed by atoms with Gasteiger partial charge < -0.3 is 21.0 Å². The van der Waals surface area contributed by atoms with Gasteiger partial charge in [0, 0.05) is 23.0 Å². The zero-order chi connectivity index (χ0) is 24.1. The SMILES string of the molecule is CN1CCC(CNC(=O)c2ccc(N=CC(=NN)c3cc4cc(F)ccc4[nH]c3=O)cc2)CC1. The molecule has 0 unspecified atom stereocenters. The van der Waals surface area contributed by atoms with Crippen molar-refractivity contribution in [2.24, 2.45) is 21.9 Å². The molecule has 1 saturated heterocycles. The van der Waals surface area contributed by atoms with Crippen LogP contribution in [0.2, 0.25) is 0 Å². The Hall–Kier alpha value is -3.85. The van der Waals surface area contributed by atoms with Gasteiger partial charge in [0.15, 0.2) is 0 Å². The number of carbonyl (C=O) groups is 1. The summed E-state index contributed by atoms with van der Waals surface area (Å²) in [4.78, 5) is 34.2. The van der Waals surface area contributed by atoms with Gasteiger partial charge in [0.05, 0.1) is 17.5 Å². The maximum atomic E-state index is 13.6. The molecule has 34 heavy (non-hydrogen) atoms. The van der Waals surface area contributed by atoms with E-state index in [0.29, 0.717) is 34.6 Å². The number of H-pyrrole nitrogens is 1. The number of amides is 1. The second-order valence-electron chi connectivity index (χ2n) is 8.52. The van der Waals surface area contributed by atoms with Crippen molar-refractivity contribution < 1.29 is 9.18 Å². The van der Waals surface area contributed by atoms with Crippen LogP contribution in [0.15, 0.2) is 63.4 Å². The number of aliphatic imine (C=N–C) groups is 1. The van der Waals surface area contributed by atoms with Gasteiger partial charge >= 0.3 is 0 Å². The van der Waals surface area contributed by atoms with Crippen molar-refractivity contribution in [3.05, 3.63) is 75.8 Å². The molecule has 9 heteroatoms. The number of benzene rings is 2. The molecule has 1 aliphatic heterocycles. The number of halogens is 1. The minimum Gasteiger partial charge on any atom is -0.352 e. The first-order valence-corrected chi connectivity index (χ1v) is 11.1. The van der Waals surface area contributed by atoms with Crippen LogP contribution in [0.25, 0.3) is 10.9 Å². The van der Waals surface area contributed by atoms with Crippen LogP contribution in [0.3, 0.4) is 0 Å². The van der Waals surface area contributed by atoms with E-state index in [1.165, 1.54) is 30.5 Å². The number of carbonyl (C=O) groups excluding carboxylic acids is 1. The van der Waals surface area contributed by atoms with Crippen LogP contribution in [-0.2, 0) is 0 Å². The topological polar surface area (TPSA) is 116 Å². The molecule has 0 aliphatic carbocycles. The second kappa shape index (κ2) is 10.4. The number of nitrogens with two attached hydrogens (primary N) is 1. The smallest absolute Gasteiger partial charge is 0.258 e. The summed E-state index contributed by atoms with van der Waals surface area (Å²) in [5.41, 5.74) is 1.53. The number of fused-ring (bicyclic) bond motifs is 1. The van der Waals surface area contributed by atoms with Gasteiger partial charge in [-0.3, -0.25) is 14.6 Å². The number of hydrogen-bond donors (Lipinski definition) is 3. The average Bonchev–Trinajstić information content (AvgIpc) is 2.84. The van der Waals surface area contributed by atoms with Gasteiger partial charge in [0.25, 0.3) is 11.5 Å². The maximum Gasteiger partial charge on any atom is 0.258 e. The number of piperidine rings is 1. The third-order valence-corrected chi connectivity index (χ3v) is 6.08. The molecule has 1 aliphatic rings. The lowest BCUT2D eigenvalue weighted by Gasteiger charge is -2.28. The summed E-state index contributed by atoms with van der Waals surface area (Å²) < 4.78 is 13.6. The molecule has 176 valence electrons. The molecule has 1 aromatic heterocycles. The van der Waals surface area contributed by atoms with Gasteiger partial charge in [-0.1, -0.05) is 0 Å². The number of aromatic amines is 1. The summed E-state index contributed by atoms with van der Waals surface area (Å²) in [6.07, 6.45) is 3.54. The highest BCUT2D eigenvalue weighted by Crippen LogP contribution is 2.17. The largest absolute Gasteiger partial charge is 0.352 e. The van der Waals surface area contributed by atoms with E-state index in [1.54, 1.807) is 24.3 Å². The molecular weight excluding hydrogens is 435 g/mol. The molecule has 0 radical (unpaired) electrons. The van der Waals surface area contributed by atoms with Crippen molar-refractivity contribution in [2.45, 2.75) is 12.8 Å². The zero-order valence-electron chi connectivity index (χ0n) is 18.9. The van der Waals surface area contributed by atoms with Gasteiger partial charge in [-0.05, 0) is 87.4 Å². The van der Waals surface area contributed by atoms with Gasteiger partial charge in [-0.2, -0.15) is 5.10 Å². The molecule has 4 rings (SSSR count). The molecule has 0 spiro atoms. The molecule has 0 saturated carbocycles. The predicted molar refractivity (Wildman–Crippen MR) is 132 cm³/mol. The van der Waals surface area contributed by atoms with Crippen molar-refractivity contribution in [1.82, 2.24) is 15.2 Å². The monoisotopic (exact) mass is 462 g/mol. The van der Waals surface area contributed by atoms with E-state index in [0.717, 1.165) is 25.9 Å². The predicted octanol–water partition coefficient (Wildman–Crippen LogP) is 2.80. The minimum atomic E-state index is -0.416. The molecule has 3 aromatic rings. The summed E-state index contributed by atoms with van der Waals surface area (Å²) in [5, 5.41) is 7.19. The molecule has 0 atom stereocenters. The van der Waals surface area contributed by atoms with Crippen LogP contribution < -0.4 is 16.7 Å². The Morgan fingerprint density at radius 1 is 1.21 bits per heavy atom. The quantitative estimate of drug-likeness (QED) is 0.297. The molecule has 2 heterocycles. The normalized spacial score (nSPS) is 15.8. The van der Waals surface area contributed by atoms with Crippen LogP contribution in [0.5, 0.6) is 0 Å². The van der Waals surface area contributed by atoms with Crippen molar-refractivity contribution in [3.63, 3.8) is 0 Å². The van der Waals surface area contributed by atoms with Gasteiger partial charge in [0.1, 0.15) is 11.5 Å². The highest BCUT2D eigenvalue weighted by atomic mass is 19.1. The first-order chi connectivity index (χ1) is 16.4. The highest BCUT2D eigenvalue weighted by Gasteiger charge is 2.17. The number of nitrogens with zero attached hydrogens (tertiary/aromatic N) is 3. The Kier molecular flexibility index (Phi) is 7.12. The molecule has 8 nitrogen and oxygen atoms in total. The Morgan fingerprint density at radius 3 is 2.65 bits per heavy atom. The van der Waals surface area contributed by atoms with Crippen molar-refractivity contribution in [1.29, 1.82) is 0 Å². The lowest BCUT2D eigenvalue weighted by Crippen LogP contribution is -2.36. The van der Waals surface area contributed by atoms with Crippen molar-refractivity contribution in [3.8, 4) is 0 Å². The lowest BCUT2D eigenvalue weighted by molar-refractivity contribution is 0.0939. The van der Waals surface area contributed by atoms with Crippen LogP contribution in [0, 0.1) is 11.7 Å². The van der Waals surface area contributed by atoms with Crippen LogP contribution in [0.1, 0.15) is 28.8 Å². The van der Waals surface area contributed by atoms with E-state index in [1.807, 2.05) is 0 Å². The van der Waals surface area contributed by atoms with Crippen LogP contribution in [-0.4, -0.2) is 54.4 Å². The summed E-state index contributed by atoms with van der Waals surface area (Å²) in [6.45, 7) is 2.79. The number of hydrazone groups is 1. The van der Waals surface area contributed by atoms with E-state index in [4.69, 9.17) is 5.84 Å². The van der Waals surface area contributed by atoms with E-state index in [9.17, 15) is 14.0 Å². The van der Waals surface area contributed by atoms with Crippen molar-refractivity contribution >= 4 is 34.4 Å². The summed E-state index contributed by atoms with van der Waals surface area (Å²) in [7, 11) is 2.11. The van der Waals surface area contributed by atoms with Gasteiger partial charge in [0.2, 0.25) is 0 Å². The van der Waals surface area contributed by atoms with E-state index in [-0.39, 0.29) is 17.2 Å². The van der Waals surface area contributed by atoms with Crippen LogP contribution >= 0.6 is 0 Å². The molecular formula is C25H27FN6O2. The molecule has 0 bridgehead atoms. The average molecular weight is 463 g/mol. The van der Waals surface area contributed by atoms with Crippen molar-refractivity contribution in [2.75, 3.05) is 26.7 Å². The number of nitrogens with one attached hydrogen (secondary N) is 2. The first-order valence-electron chi connectivity index (χ1n) is 11.1. The Bertz CT molecular complexity index is 1290. The van der Waals surface area contributed by atoms with Gasteiger partial charge in [-0.25, -0.2) is 4.39 Å². The van der Waals surface area contributed by atoms with E-state index < -0.39 is 11.4 Å². The van der Waals surface area contributed by atoms with E-state index in [2.05, 4.69) is 32.3 Å². The Morgan fingerprint density at radius 2 is 1.94 bits per heavy atom. The summed E-state index contributed by atoms with van der Waals surface area (Å²) in [5.74, 6) is 5.47. The number of aromatic nitrogens is 1. The fourth-order valence-corrected chi connectivity index (χ4v) is 3.98. The van der Waals surface area contributed by atoms with Crippen LogP contribution in [0.4, 0.5) is 10.1 Å². The Labute approximate surface area is 196 Å². The fourth-order valence-electron chi connectivity index (χ4n) is 3.98. The standard InChI is InChI=1S/C25H27FN6O2/c1-32-10-8-16(9-11-32)14-29-24(33)17-2-5-20(6-3-17)28-15-23(31-27)21-13-18-12-19(26)4-7-22(18)30-25(21)34/h2-7,12-13,15-16H,8-11,14,27H2,1H3,(H,29,33)(H,30,34). The second-order valence-corrected chi connectivity index (χ2v) is 8.52. The summed E-state index contributed by atoms with van der Waals surface area (Å²) in [6, 6.07) is 12.4. The maximum absolute atomic E-state index is 13.6. The number of pyridine rings is 1. The number of likely N-dealkylation sites (tertiary alicyclic amines) is 1. The third kappa shape index (κ3) is 5.55. The molecule has 1 amide bonds. The summed E-state index contributed by atoms with van der Waals surface area (Å²) >= 11 is 0. The minimum absolute atomic E-state index is 0.117. The third-order valence-electron chi connectivity index (χ3n) is 6.08. The lowest BCUT2D eigenvalue weighted by atomic mass is 9.97. The van der Waals surface area contributed by atoms with E-state index >= 15 is 0 Å². The molecule has 2 aromatic carbocycles. The van der Waals surface area contributed by atoms with Gasteiger partial charge in [-0.15, -0.1) is 0 Å². The zero-order valence-corrected chi connectivity index (χ0v) is 18.9. The fraction of sp³-hybridized carbons (Fsp3) is 0.280. The number of rotatable bonds is 6. The molecule has 4 N–H and O–H groups in total. The number of hydrogen-bond acceptors (Lipinski definition) is 6. The Balaban J connectivity index is 1.42.